The maximum absolute atomic E-state index is 12.7. The molecule has 7 heteroatoms. The molecule has 2 aromatic carbocycles. The fourth-order valence-electron chi connectivity index (χ4n) is 3.85. The van der Waals surface area contributed by atoms with Gasteiger partial charge in [-0.25, -0.2) is 12.6 Å². The van der Waals surface area contributed by atoms with Crippen molar-refractivity contribution in [2.75, 3.05) is 0 Å². The van der Waals surface area contributed by atoms with Crippen molar-refractivity contribution in [3.63, 3.8) is 0 Å². The molecule has 1 fully saturated rings. The highest BCUT2D eigenvalue weighted by molar-refractivity contribution is 7.85. The third kappa shape index (κ3) is 5.27. The molecule has 0 bridgehead atoms. The highest BCUT2D eigenvalue weighted by Gasteiger charge is 2.19. The van der Waals surface area contributed by atoms with E-state index in [1.807, 2.05) is 24.3 Å². The summed E-state index contributed by atoms with van der Waals surface area (Å²) in [5.41, 5.74) is 2.09. The van der Waals surface area contributed by atoms with Crippen LogP contribution in [0.15, 0.2) is 46.2 Å². The molecule has 2 aromatic rings. The van der Waals surface area contributed by atoms with Crippen LogP contribution in [0.1, 0.15) is 74.5 Å². The van der Waals surface area contributed by atoms with Crippen LogP contribution in [0.25, 0.3) is 0 Å². The van der Waals surface area contributed by atoms with Crippen LogP contribution >= 0.6 is 0 Å². The number of hydrogen-bond acceptors (Lipinski definition) is 5. The first kappa shape index (κ1) is 22.0. The molecule has 0 N–H and O–H groups in total. The second kappa shape index (κ2) is 8.98. The Morgan fingerprint density at radius 2 is 1.69 bits per heavy atom. The Balaban J connectivity index is 1.82. The summed E-state index contributed by atoms with van der Waals surface area (Å²) in [6, 6.07) is 10.5. The molecule has 1 atom stereocenters. The molecule has 0 spiro atoms. The zero-order valence-corrected chi connectivity index (χ0v) is 18.6. The van der Waals surface area contributed by atoms with Crippen molar-refractivity contribution in [2.24, 2.45) is 0 Å². The van der Waals surface area contributed by atoms with Gasteiger partial charge in [-0.1, -0.05) is 45.2 Å². The predicted molar refractivity (Wildman–Crippen MR) is 113 cm³/mol. The molecule has 0 heterocycles. The van der Waals surface area contributed by atoms with Crippen LogP contribution in [0.4, 0.5) is 0 Å². The van der Waals surface area contributed by atoms with Crippen molar-refractivity contribution in [2.45, 2.75) is 74.5 Å². The lowest BCUT2D eigenvalue weighted by Crippen LogP contribution is -2.09. The minimum absolute atomic E-state index is 0.195. The second-order valence-corrected chi connectivity index (χ2v) is 10.4. The standard InChI is InChI=1S/C22H28O5S2/c1-15(2)20-14-21(16(3)13-22(20)29(24,25)26)27-28(23)19-11-9-18(10-12-19)17-7-5-4-6-8-17/h9-15,17H,4-8H2,1-3H3,(H,24,25,26)/p-1. The molecule has 1 aliphatic carbocycles. The highest BCUT2D eigenvalue weighted by atomic mass is 32.2. The largest absolute Gasteiger partial charge is 0.744 e. The molecule has 158 valence electrons. The monoisotopic (exact) mass is 435 g/mol. The number of hydrogen-bond donors (Lipinski definition) is 0. The van der Waals surface area contributed by atoms with Crippen molar-refractivity contribution in [1.29, 1.82) is 0 Å². The first-order valence-corrected chi connectivity index (χ1v) is 12.5. The van der Waals surface area contributed by atoms with Crippen LogP contribution in [0.5, 0.6) is 5.75 Å². The van der Waals surface area contributed by atoms with E-state index in [-0.39, 0.29) is 10.8 Å². The Kier molecular flexibility index (Phi) is 6.81. The quantitative estimate of drug-likeness (QED) is 0.584. The van der Waals surface area contributed by atoms with E-state index in [1.54, 1.807) is 20.8 Å². The summed E-state index contributed by atoms with van der Waals surface area (Å²) < 4.78 is 53.1. The Hall–Kier alpha value is -1.70. The lowest BCUT2D eigenvalue weighted by molar-refractivity contribution is 0.443. The normalized spacial score (nSPS) is 16.7. The first-order chi connectivity index (χ1) is 13.7. The zero-order chi connectivity index (χ0) is 21.2. The molecule has 5 nitrogen and oxygen atoms in total. The SMILES string of the molecule is Cc1cc(S(=O)(=O)[O-])c(C(C)C)cc1OS(=O)c1ccc(C2CCCCC2)cc1. The molecule has 0 aliphatic heterocycles. The first-order valence-electron chi connectivity index (χ1n) is 9.97. The van der Waals surface area contributed by atoms with Crippen molar-refractivity contribution < 1.29 is 21.4 Å². The minimum atomic E-state index is -4.60. The van der Waals surface area contributed by atoms with Gasteiger partial charge in [0.15, 0.2) is 0 Å². The van der Waals surface area contributed by atoms with Gasteiger partial charge in [-0.15, -0.1) is 0 Å². The molecular formula is C22H27O5S2-. The van der Waals surface area contributed by atoms with Crippen molar-refractivity contribution >= 4 is 21.2 Å². The molecule has 0 amide bonds. The topological polar surface area (TPSA) is 83.5 Å². The van der Waals surface area contributed by atoms with Gasteiger partial charge >= 0.3 is 0 Å². The number of aryl methyl sites for hydroxylation is 1. The third-order valence-corrected chi connectivity index (χ3v) is 7.39. The van der Waals surface area contributed by atoms with Gasteiger partial charge in [0.05, 0.1) is 9.79 Å². The molecule has 3 rings (SSSR count). The van der Waals surface area contributed by atoms with E-state index in [9.17, 15) is 17.2 Å². The van der Waals surface area contributed by atoms with Crippen molar-refractivity contribution in [1.82, 2.24) is 0 Å². The van der Waals surface area contributed by atoms with Crippen molar-refractivity contribution in [3.05, 3.63) is 53.1 Å². The summed E-state index contributed by atoms with van der Waals surface area (Å²) in [7, 11) is -4.60. The molecule has 29 heavy (non-hydrogen) atoms. The Morgan fingerprint density at radius 3 is 2.24 bits per heavy atom. The van der Waals surface area contributed by atoms with E-state index < -0.39 is 21.2 Å². The summed E-state index contributed by atoms with van der Waals surface area (Å²) in [5, 5.41) is 0. The van der Waals surface area contributed by atoms with E-state index in [2.05, 4.69) is 0 Å². The van der Waals surface area contributed by atoms with E-state index in [0.717, 1.165) is 0 Å². The second-order valence-electron chi connectivity index (χ2n) is 7.99. The van der Waals surface area contributed by atoms with Gasteiger partial charge in [0.1, 0.15) is 15.9 Å². The lowest BCUT2D eigenvalue weighted by Gasteiger charge is -2.22. The third-order valence-electron chi connectivity index (χ3n) is 5.51. The Morgan fingerprint density at radius 1 is 1.07 bits per heavy atom. The Bertz CT molecular complexity index is 989. The van der Waals surface area contributed by atoms with Gasteiger partial charge in [0.2, 0.25) is 11.1 Å². The average molecular weight is 436 g/mol. The number of rotatable bonds is 6. The van der Waals surface area contributed by atoms with Crippen LogP contribution < -0.4 is 4.18 Å². The van der Waals surface area contributed by atoms with E-state index >= 15 is 0 Å². The van der Waals surface area contributed by atoms with Gasteiger partial charge in [0.25, 0.3) is 0 Å². The average Bonchev–Trinajstić information content (AvgIpc) is 2.69. The summed E-state index contributed by atoms with van der Waals surface area (Å²) in [6.45, 7) is 5.23. The molecule has 0 radical (unpaired) electrons. The molecule has 0 saturated heterocycles. The van der Waals surface area contributed by atoms with Gasteiger partial charge in [-0.05, 0) is 72.6 Å². The van der Waals surface area contributed by atoms with Crippen molar-refractivity contribution in [3.8, 4) is 5.75 Å². The van der Waals surface area contributed by atoms with E-state index in [4.69, 9.17) is 4.18 Å². The minimum Gasteiger partial charge on any atom is -0.744 e. The molecule has 1 aliphatic rings. The summed E-state index contributed by atoms with van der Waals surface area (Å²) >= 11 is -1.73. The summed E-state index contributed by atoms with van der Waals surface area (Å²) in [4.78, 5) is 0.301. The van der Waals surface area contributed by atoms with Gasteiger partial charge in [-0.2, -0.15) is 0 Å². The van der Waals surface area contributed by atoms with Crippen LogP contribution in [-0.2, 0) is 21.2 Å². The summed E-state index contributed by atoms with van der Waals surface area (Å²) in [5.74, 6) is 0.695. The van der Waals surface area contributed by atoms with E-state index in [1.165, 1.54) is 49.8 Å². The van der Waals surface area contributed by atoms with Gasteiger partial charge < -0.3 is 8.74 Å². The van der Waals surface area contributed by atoms with Crippen LogP contribution in [0.2, 0.25) is 0 Å². The molecule has 1 unspecified atom stereocenters. The predicted octanol–water partition coefficient (Wildman–Crippen LogP) is 5.17. The smallest absolute Gasteiger partial charge is 0.240 e. The summed E-state index contributed by atoms with van der Waals surface area (Å²) in [6.07, 6.45) is 6.22. The number of benzene rings is 2. The molecular weight excluding hydrogens is 408 g/mol. The fraction of sp³-hybridized carbons (Fsp3) is 0.455. The highest BCUT2D eigenvalue weighted by Crippen LogP contribution is 2.34. The van der Waals surface area contributed by atoms with Gasteiger partial charge in [-0.3, -0.25) is 0 Å². The van der Waals surface area contributed by atoms with Crippen LogP contribution in [-0.4, -0.2) is 17.2 Å². The molecule has 1 saturated carbocycles. The zero-order valence-electron chi connectivity index (χ0n) is 17.0. The van der Waals surface area contributed by atoms with Crippen LogP contribution in [0.3, 0.4) is 0 Å². The fourth-order valence-corrected chi connectivity index (χ4v) is 5.55. The Labute approximate surface area is 175 Å². The van der Waals surface area contributed by atoms with E-state index in [0.29, 0.717) is 27.7 Å². The maximum Gasteiger partial charge on any atom is 0.240 e. The lowest BCUT2D eigenvalue weighted by atomic mass is 9.84. The van der Waals surface area contributed by atoms with Gasteiger partial charge in [0, 0.05) is 0 Å². The van der Waals surface area contributed by atoms with Crippen LogP contribution in [0, 0.1) is 6.92 Å². The molecule has 0 aromatic heterocycles. The maximum atomic E-state index is 12.7.